The van der Waals surface area contributed by atoms with E-state index in [4.69, 9.17) is 9.47 Å². The molecule has 0 spiro atoms. The summed E-state index contributed by atoms with van der Waals surface area (Å²) in [6, 6.07) is 11.1. The van der Waals surface area contributed by atoms with Crippen molar-refractivity contribution in [1.29, 1.82) is 0 Å². The molecule has 0 aliphatic heterocycles. The van der Waals surface area contributed by atoms with Crippen molar-refractivity contribution < 1.29 is 19.1 Å². The Kier molecular flexibility index (Phi) is 7.02. The minimum absolute atomic E-state index is 0.0660. The van der Waals surface area contributed by atoms with Gasteiger partial charge in [-0.1, -0.05) is 42.5 Å². The summed E-state index contributed by atoms with van der Waals surface area (Å²) in [6.45, 7) is 3.67. The van der Waals surface area contributed by atoms with E-state index in [1.165, 1.54) is 18.6 Å². The van der Waals surface area contributed by atoms with Gasteiger partial charge in [0.25, 0.3) is 0 Å². The number of carbonyl (C=O) groups is 2. The third kappa shape index (κ3) is 4.33. The van der Waals surface area contributed by atoms with Gasteiger partial charge in [0.2, 0.25) is 5.41 Å². The molecule has 6 heteroatoms. The lowest BCUT2D eigenvalue weighted by Gasteiger charge is -2.27. The van der Waals surface area contributed by atoms with Crippen molar-refractivity contribution in [2.24, 2.45) is 0 Å². The third-order valence-electron chi connectivity index (χ3n) is 3.80. The Morgan fingerprint density at radius 2 is 1.69 bits per heavy atom. The van der Waals surface area contributed by atoms with Crippen LogP contribution in [0.15, 0.2) is 55.0 Å². The lowest BCUT2D eigenvalue weighted by molar-refractivity contribution is -0.165. The highest BCUT2D eigenvalue weighted by Gasteiger charge is 2.51. The van der Waals surface area contributed by atoms with Gasteiger partial charge in [-0.2, -0.15) is 0 Å². The molecule has 2 rings (SSSR count). The standard InChI is InChI=1S/C20H22N2O4/c1-3-25-18(23)20(19(24)26-4-2,17-12-14-21-15-22-17)13-8-11-16-9-6-5-7-10-16/h5-12,14-15H,3-4,13H2,1-2H3. The predicted molar refractivity (Wildman–Crippen MR) is 97.1 cm³/mol. The quantitative estimate of drug-likeness (QED) is 0.536. The average Bonchev–Trinajstić information content (AvgIpc) is 2.67. The van der Waals surface area contributed by atoms with E-state index in [1.54, 1.807) is 19.9 Å². The minimum Gasteiger partial charge on any atom is -0.465 e. The maximum absolute atomic E-state index is 12.8. The number of nitrogens with zero attached hydrogens (tertiary/aromatic N) is 2. The van der Waals surface area contributed by atoms with Crippen LogP contribution in [0.1, 0.15) is 31.5 Å². The molecule has 0 amide bonds. The van der Waals surface area contributed by atoms with E-state index in [-0.39, 0.29) is 25.3 Å². The first-order valence-corrected chi connectivity index (χ1v) is 8.47. The zero-order valence-corrected chi connectivity index (χ0v) is 14.9. The Labute approximate surface area is 152 Å². The number of rotatable bonds is 8. The van der Waals surface area contributed by atoms with Gasteiger partial charge in [-0.25, -0.2) is 9.97 Å². The number of ether oxygens (including phenoxy) is 2. The van der Waals surface area contributed by atoms with Crippen LogP contribution in [-0.2, 0) is 24.5 Å². The Hall–Kier alpha value is -3.02. The fourth-order valence-corrected chi connectivity index (χ4v) is 2.55. The van der Waals surface area contributed by atoms with Crippen LogP contribution >= 0.6 is 0 Å². The Morgan fingerprint density at radius 1 is 1.04 bits per heavy atom. The van der Waals surface area contributed by atoms with Gasteiger partial charge in [0.1, 0.15) is 6.33 Å². The van der Waals surface area contributed by atoms with Crippen molar-refractivity contribution in [1.82, 2.24) is 9.97 Å². The zero-order chi connectivity index (χ0) is 18.8. The molecule has 0 unspecified atom stereocenters. The number of allylic oxidation sites excluding steroid dienone is 1. The molecule has 0 saturated carbocycles. The van der Waals surface area contributed by atoms with Crippen molar-refractivity contribution in [2.75, 3.05) is 13.2 Å². The molecule has 0 fully saturated rings. The highest BCUT2D eigenvalue weighted by molar-refractivity contribution is 6.06. The maximum Gasteiger partial charge on any atom is 0.330 e. The van der Waals surface area contributed by atoms with Crippen LogP contribution in [-0.4, -0.2) is 35.1 Å². The van der Waals surface area contributed by atoms with Gasteiger partial charge in [-0.3, -0.25) is 9.59 Å². The molecule has 0 bridgehead atoms. The van der Waals surface area contributed by atoms with Gasteiger partial charge < -0.3 is 9.47 Å². The summed E-state index contributed by atoms with van der Waals surface area (Å²) >= 11 is 0. The predicted octanol–water partition coefficient (Wildman–Crippen LogP) is 2.94. The largest absolute Gasteiger partial charge is 0.465 e. The van der Waals surface area contributed by atoms with Crippen LogP contribution in [0.3, 0.4) is 0 Å². The normalized spacial score (nSPS) is 11.3. The first kappa shape index (κ1) is 19.3. The monoisotopic (exact) mass is 354 g/mol. The summed E-state index contributed by atoms with van der Waals surface area (Å²) in [5.41, 5.74) is -0.459. The molecule has 6 nitrogen and oxygen atoms in total. The first-order chi connectivity index (χ1) is 12.6. The summed E-state index contributed by atoms with van der Waals surface area (Å²) in [4.78, 5) is 33.6. The SMILES string of the molecule is CCOC(=O)C(CC=Cc1ccccc1)(C(=O)OCC)c1ccncn1. The van der Waals surface area contributed by atoms with Crippen LogP contribution in [0.2, 0.25) is 0 Å². The molecule has 0 N–H and O–H groups in total. The molecule has 136 valence electrons. The second kappa shape index (κ2) is 9.46. The number of esters is 2. The van der Waals surface area contributed by atoms with Gasteiger partial charge in [0.15, 0.2) is 0 Å². The van der Waals surface area contributed by atoms with Gasteiger partial charge in [0.05, 0.1) is 18.9 Å². The molecule has 2 aromatic rings. The minimum atomic E-state index is -1.67. The van der Waals surface area contributed by atoms with Gasteiger partial charge in [0, 0.05) is 6.20 Å². The second-order valence-corrected chi connectivity index (χ2v) is 5.46. The van der Waals surface area contributed by atoms with E-state index in [1.807, 2.05) is 36.4 Å². The molecule has 1 aromatic carbocycles. The maximum atomic E-state index is 12.8. The highest BCUT2D eigenvalue weighted by Crippen LogP contribution is 2.31. The second-order valence-electron chi connectivity index (χ2n) is 5.46. The van der Waals surface area contributed by atoms with Gasteiger partial charge >= 0.3 is 11.9 Å². The Morgan fingerprint density at radius 3 is 2.23 bits per heavy atom. The first-order valence-electron chi connectivity index (χ1n) is 8.47. The molecule has 0 aliphatic rings. The van der Waals surface area contributed by atoms with E-state index in [2.05, 4.69) is 9.97 Å². The summed E-state index contributed by atoms with van der Waals surface area (Å²) < 4.78 is 10.4. The van der Waals surface area contributed by atoms with Crippen molar-refractivity contribution in [3.8, 4) is 0 Å². The molecule has 1 heterocycles. The fraction of sp³-hybridized carbons (Fsp3) is 0.300. The summed E-state index contributed by atoms with van der Waals surface area (Å²) in [7, 11) is 0. The summed E-state index contributed by atoms with van der Waals surface area (Å²) in [5.74, 6) is -1.37. The van der Waals surface area contributed by atoms with Crippen molar-refractivity contribution in [3.05, 3.63) is 66.3 Å². The third-order valence-corrected chi connectivity index (χ3v) is 3.80. The lowest BCUT2D eigenvalue weighted by atomic mass is 9.80. The van der Waals surface area contributed by atoms with Crippen LogP contribution in [0.25, 0.3) is 6.08 Å². The lowest BCUT2D eigenvalue weighted by Crippen LogP contribution is -2.46. The Bertz CT molecular complexity index is 727. The molecule has 1 aromatic heterocycles. The molecule has 0 saturated heterocycles. The van der Waals surface area contributed by atoms with Crippen molar-refractivity contribution in [2.45, 2.75) is 25.7 Å². The average molecular weight is 354 g/mol. The van der Waals surface area contributed by atoms with E-state index < -0.39 is 17.4 Å². The fourth-order valence-electron chi connectivity index (χ4n) is 2.55. The van der Waals surface area contributed by atoms with E-state index in [0.717, 1.165) is 5.56 Å². The molecule has 0 atom stereocenters. The van der Waals surface area contributed by atoms with Crippen LogP contribution in [0.5, 0.6) is 0 Å². The molecular weight excluding hydrogens is 332 g/mol. The number of benzene rings is 1. The van der Waals surface area contributed by atoms with E-state index in [0.29, 0.717) is 0 Å². The molecular formula is C20H22N2O4. The van der Waals surface area contributed by atoms with Gasteiger partial charge in [-0.15, -0.1) is 0 Å². The molecule has 0 radical (unpaired) electrons. The van der Waals surface area contributed by atoms with Crippen LogP contribution < -0.4 is 0 Å². The van der Waals surface area contributed by atoms with E-state index in [9.17, 15) is 9.59 Å². The van der Waals surface area contributed by atoms with Gasteiger partial charge in [-0.05, 0) is 31.9 Å². The summed E-state index contributed by atoms with van der Waals surface area (Å²) in [5, 5.41) is 0. The topological polar surface area (TPSA) is 78.4 Å². The molecule has 0 aliphatic carbocycles. The van der Waals surface area contributed by atoms with E-state index >= 15 is 0 Å². The van der Waals surface area contributed by atoms with Crippen molar-refractivity contribution >= 4 is 18.0 Å². The van der Waals surface area contributed by atoms with Crippen molar-refractivity contribution in [3.63, 3.8) is 0 Å². The number of carbonyl (C=O) groups excluding carboxylic acids is 2. The molecule has 26 heavy (non-hydrogen) atoms. The van der Waals surface area contributed by atoms with Crippen LogP contribution in [0, 0.1) is 0 Å². The Balaban J connectivity index is 2.45. The number of aromatic nitrogens is 2. The number of hydrogen-bond donors (Lipinski definition) is 0. The number of hydrogen-bond acceptors (Lipinski definition) is 6. The van der Waals surface area contributed by atoms with Crippen LogP contribution in [0.4, 0.5) is 0 Å². The highest BCUT2D eigenvalue weighted by atomic mass is 16.6. The smallest absolute Gasteiger partial charge is 0.330 e. The summed E-state index contributed by atoms with van der Waals surface area (Å²) in [6.07, 6.45) is 6.44. The zero-order valence-electron chi connectivity index (χ0n) is 14.9.